The SMILES string of the molecule is Cc1cc(C)c2c(-c3ccccc3)nc(SCC(=O)c3ccc(CC(N)=O)s3)n2n1. The monoisotopic (exact) mass is 436 g/mol. The van der Waals surface area contributed by atoms with Crippen molar-refractivity contribution in [3.63, 3.8) is 0 Å². The minimum absolute atomic E-state index is 0.0110. The van der Waals surface area contributed by atoms with E-state index in [2.05, 4.69) is 5.10 Å². The van der Waals surface area contributed by atoms with Gasteiger partial charge in [0.25, 0.3) is 0 Å². The molecule has 3 aromatic heterocycles. The van der Waals surface area contributed by atoms with Crippen molar-refractivity contribution in [1.82, 2.24) is 14.6 Å². The molecule has 0 aliphatic heterocycles. The van der Waals surface area contributed by atoms with Crippen molar-refractivity contribution in [2.75, 3.05) is 5.75 Å². The number of primary amides is 1. The van der Waals surface area contributed by atoms with E-state index >= 15 is 0 Å². The lowest BCUT2D eigenvalue weighted by molar-refractivity contribution is -0.117. The molecular formula is C22H20N4O2S2. The molecule has 6 nitrogen and oxygen atoms in total. The van der Waals surface area contributed by atoms with E-state index in [0.29, 0.717) is 10.0 Å². The van der Waals surface area contributed by atoms with Crippen molar-refractivity contribution in [2.45, 2.75) is 25.4 Å². The van der Waals surface area contributed by atoms with Crippen LogP contribution in [0.1, 0.15) is 25.8 Å². The van der Waals surface area contributed by atoms with Crippen LogP contribution in [0.25, 0.3) is 16.8 Å². The van der Waals surface area contributed by atoms with E-state index in [4.69, 9.17) is 10.7 Å². The van der Waals surface area contributed by atoms with E-state index < -0.39 is 5.91 Å². The van der Waals surface area contributed by atoms with Crippen molar-refractivity contribution < 1.29 is 9.59 Å². The highest BCUT2D eigenvalue weighted by Gasteiger charge is 2.19. The third kappa shape index (κ3) is 4.15. The molecule has 0 radical (unpaired) electrons. The number of fused-ring (bicyclic) bond motifs is 1. The van der Waals surface area contributed by atoms with E-state index in [1.54, 1.807) is 12.1 Å². The Morgan fingerprint density at radius 2 is 1.90 bits per heavy atom. The molecule has 0 spiro atoms. The lowest BCUT2D eigenvalue weighted by atomic mass is 10.1. The number of amides is 1. The summed E-state index contributed by atoms with van der Waals surface area (Å²) < 4.78 is 1.83. The summed E-state index contributed by atoms with van der Waals surface area (Å²) in [4.78, 5) is 30.0. The zero-order valence-corrected chi connectivity index (χ0v) is 18.2. The fourth-order valence-electron chi connectivity index (χ4n) is 3.29. The number of aryl methyl sites for hydroxylation is 2. The lowest BCUT2D eigenvalue weighted by Crippen LogP contribution is -2.12. The number of thiophene rings is 1. The van der Waals surface area contributed by atoms with Crippen LogP contribution in [-0.4, -0.2) is 32.0 Å². The number of nitrogens with zero attached hydrogens (tertiary/aromatic N) is 3. The first-order valence-electron chi connectivity index (χ1n) is 9.38. The number of hydrogen-bond acceptors (Lipinski definition) is 6. The summed E-state index contributed by atoms with van der Waals surface area (Å²) in [5.41, 5.74) is 10.0. The number of ketones is 1. The van der Waals surface area contributed by atoms with Crippen molar-refractivity contribution in [3.8, 4) is 11.3 Å². The molecule has 4 aromatic rings. The van der Waals surface area contributed by atoms with Gasteiger partial charge in [0.2, 0.25) is 5.91 Å². The van der Waals surface area contributed by atoms with Crippen molar-refractivity contribution in [1.29, 1.82) is 0 Å². The van der Waals surface area contributed by atoms with E-state index in [1.807, 2.05) is 54.8 Å². The predicted octanol–water partition coefficient (Wildman–Crippen LogP) is 4.08. The highest BCUT2D eigenvalue weighted by atomic mass is 32.2. The molecule has 152 valence electrons. The summed E-state index contributed by atoms with van der Waals surface area (Å²) in [7, 11) is 0. The molecule has 0 aliphatic rings. The number of nitrogens with two attached hydrogens (primary N) is 1. The summed E-state index contributed by atoms with van der Waals surface area (Å²) in [6.45, 7) is 3.99. The molecule has 3 heterocycles. The van der Waals surface area contributed by atoms with Crippen molar-refractivity contribution >= 4 is 40.3 Å². The summed E-state index contributed by atoms with van der Waals surface area (Å²) in [5.74, 6) is -0.180. The summed E-state index contributed by atoms with van der Waals surface area (Å²) in [6, 6.07) is 15.5. The van der Waals surface area contributed by atoms with Gasteiger partial charge in [0.05, 0.1) is 34.0 Å². The molecule has 0 saturated carbocycles. The number of rotatable bonds is 7. The van der Waals surface area contributed by atoms with Crippen LogP contribution in [0.15, 0.2) is 53.7 Å². The Balaban J connectivity index is 1.63. The van der Waals surface area contributed by atoms with Crippen LogP contribution in [0, 0.1) is 13.8 Å². The topological polar surface area (TPSA) is 90.4 Å². The smallest absolute Gasteiger partial charge is 0.222 e. The van der Waals surface area contributed by atoms with E-state index in [-0.39, 0.29) is 18.0 Å². The zero-order chi connectivity index (χ0) is 21.3. The van der Waals surface area contributed by atoms with E-state index in [1.165, 1.54) is 23.1 Å². The lowest BCUT2D eigenvalue weighted by Gasteiger charge is -2.04. The molecule has 1 amide bonds. The van der Waals surface area contributed by atoms with Gasteiger partial charge in [-0.2, -0.15) is 5.10 Å². The van der Waals surface area contributed by atoms with Gasteiger partial charge in [0.15, 0.2) is 10.9 Å². The molecule has 0 saturated heterocycles. The van der Waals surface area contributed by atoms with Gasteiger partial charge in [0.1, 0.15) is 0 Å². The third-order valence-corrected chi connectivity index (χ3v) is 6.60. The molecule has 4 rings (SSSR count). The number of hydrogen-bond donors (Lipinski definition) is 1. The van der Waals surface area contributed by atoms with Crippen molar-refractivity contribution in [3.05, 3.63) is 69.5 Å². The second-order valence-corrected chi connectivity index (χ2v) is 9.07. The Labute approximate surface area is 182 Å². The minimum Gasteiger partial charge on any atom is -0.369 e. The third-order valence-electron chi connectivity index (χ3n) is 4.55. The molecule has 8 heteroatoms. The molecule has 0 atom stereocenters. The number of aromatic nitrogens is 3. The van der Waals surface area contributed by atoms with Gasteiger partial charge in [-0.15, -0.1) is 11.3 Å². The second kappa shape index (κ2) is 8.41. The van der Waals surface area contributed by atoms with Gasteiger partial charge in [-0.1, -0.05) is 42.1 Å². The predicted molar refractivity (Wildman–Crippen MR) is 120 cm³/mol. The first kappa shape index (κ1) is 20.3. The normalized spacial score (nSPS) is 11.1. The Kier molecular flexibility index (Phi) is 5.69. The van der Waals surface area contributed by atoms with Gasteiger partial charge >= 0.3 is 0 Å². The Bertz CT molecular complexity index is 1250. The molecule has 2 N–H and O–H groups in total. The first-order valence-corrected chi connectivity index (χ1v) is 11.2. The summed E-state index contributed by atoms with van der Waals surface area (Å²) >= 11 is 2.67. The molecule has 0 fully saturated rings. The van der Waals surface area contributed by atoms with Crippen LogP contribution in [-0.2, 0) is 11.2 Å². The molecule has 30 heavy (non-hydrogen) atoms. The molecule has 0 aliphatic carbocycles. The van der Waals surface area contributed by atoms with Crippen molar-refractivity contribution in [2.24, 2.45) is 5.73 Å². The van der Waals surface area contributed by atoms with Gasteiger partial charge in [-0.05, 0) is 37.6 Å². The van der Waals surface area contributed by atoms with Crippen LogP contribution in [0.5, 0.6) is 0 Å². The number of Topliss-reactive ketones (excluding diaryl/α,β-unsaturated/α-hetero) is 1. The number of imidazole rings is 1. The zero-order valence-electron chi connectivity index (χ0n) is 16.6. The maximum atomic E-state index is 12.7. The Morgan fingerprint density at radius 1 is 1.13 bits per heavy atom. The number of thioether (sulfide) groups is 1. The molecule has 1 aromatic carbocycles. The summed E-state index contributed by atoms with van der Waals surface area (Å²) in [5, 5.41) is 5.32. The number of carbonyl (C=O) groups is 2. The maximum Gasteiger partial charge on any atom is 0.222 e. The Morgan fingerprint density at radius 3 is 2.63 bits per heavy atom. The fraction of sp³-hybridized carbons (Fsp3) is 0.182. The average molecular weight is 437 g/mol. The van der Waals surface area contributed by atoms with Crippen LogP contribution < -0.4 is 5.73 Å². The quantitative estimate of drug-likeness (QED) is 0.348. The Hall–Kier alpha value is -2.97. The van der Waals surface area contributed by atoms with Gasteiger partial charge < -0.3 is 5.73 Å². The largest absolute Gasteiger partial charge is 0.369 e. The van der Waals surface area contributed by atoms with Crippen LogP contribution in [0.4, 0.5) is 0 Å². The number of carbonyl (C=O) groups excluding carboxylic acids is 2. The summed E-state index contributed by atoms with van der Waals surface area (Å²) in [6.07, 6.45) is 0.152. The second-order valence-electron chi connectivity index (χ2n) is 6.96. The molecule has 0 bridgehead atoms. The van der Waals surface area contributed by atoms with Gasteiger partial charge in [-0.25, -0.2) is 9.50 Å². The van der Waals surface area contributed by atoms with E-state index in [9.17, 15) is 9.59 Å². The molecule has 0 unspecified atom stereocenters. The van der Waals surface area contributed by atoms with Crippen LogP contribution >= 0.6 is 23.1 Å². The van der Waals surface area contributed by atoms with Gasteiger partial charge in [0, 0.05) is 10.4 Å². The highest BCUT2D eigenvalue weighted by molar-refractivity contribution is 7.99. The maximum absolute atomic E-state index is 12.7. The number of benzene rings is 1. The molecular weight excluding hydrogens is 416 g/mol. The van der Waals surface area contributed by atoms with Crippen LogP contribution in [0.3, 0.4) is 0 Å². The minimum atomic E-state index is -0.403. The van der Waals surface area contributed by atoms with Gasteiger partial charge in [-0.3, -0.25) is 9.59 Å². The van der Waals surface area contributed by atoms with Crippen LogP contribution in [0.2, 0.25) is 0 Å². The highest BCUT2D eigenvalue weighted by Crippen LogP contribution is 2.31. The average Bonchev–Trinajstić information content (AvgIpc) is 3.31. The standard InChI is InChI=1S/C22H20N4O2S2/c1-13-10-14(2)25-26-21(13)20(15-6-4-3-5-7-15)24-22(26)29-12-17(27)18-9-8-16(30-18)11-19(23)28/h3-10H,11-12H2,1-2H3,(H2,23,28). The fourth-order valence-corrected chi connectivity index (χ4v) is 5.17. The first-order chi connectivity index (χ1) is 14.4. The van der Waals surface area contributed by atoms with E-state index in [0.717, 1.165) is 32.9 Å².